The second kappa shape index (κ2) is 6.27. The van der Waals surface area contributed by atoms with Gasteiger partial charge in [-0.3, -0.25) is 14.7 Å². The highest BCUT2D eigenvalue weighted by molar-refractivity contribution is 6.00. The first-order chi connectivity index (χ1) is 12.5. The minimum atomic E-state index is -0.613. The predicted molar refractivity (Wildman–Crippen MR) is 96.4 cm³/mol. The van der Waals surface area contributed by atoms with Gasteiger partial charge in [-0.15, -0.1) is 0 Å². The highest BCUT2D eigenvalue weighted by Crippen LogP contribution is 2.38. The summed E-state index contributed by atoms with van der Waals surface area (Å²) in [5.74, 6) is 1.09. The first-order valence-electron chi connectivity index (χ1n) is 9.11. The van der Waals surface area contributed by atoms with Crippen LogP contribution in [0.4, 0.5) is 0 Å². The first-order valence-corrected chi connectivity index (χ1v) is 9.11. The van der Waals surface area contributed by atoms with Crippen molar-refractivity contribution in [3.63, 3.8) is 0 Å². The van der Waals surface area contributed by atoms with Crippen LogP contribution < -0.4 is 4.74 Å². The first kappa shape index (κ1) is 16.8. The molecule has 1 aromatic heterocycles. The molecule has 2 aromatic rings. The van der Waals surface area contributed by atoms with Crippen LogP contribution in [0.15, 0.2) is 30.3 Å². The van der Waals surface area contributed by atoms with Gasteiger partial charge in [-0.05, 0) is 30.5 Å². The number of H-pyrrole nitrogens is 1. The van der Waals surface area contributed by atoms with Crippen molar-refractivity contribution in [1.82, 2.24) is 15.1 Å². The lowest BCUT2D eigenvalue weighted by Crippen LogP contribution is -2.45. The SMILES string of the molecule is CC(C)Cc1cc(C(=O)N2CC[C@@]3(CC(=O)c4ccccc4O3)C2)n[nH]1. The van der Waals surface area contributed by atoms with Crippen LogP contribution in [0, 0.1) is 5.92 Å². The van der Waals surface area contributed by atoms with Gasteiger partial charge >= 0.3 is 0 Å². The minimum Gasteiger partial charge on any atom is -0.484 e. The molecule has 26 heavy (non-hydrogen) atoms. The fraction of sp³-hybridized carbons (Fsp3) is 0.450. The number of para-hydroxylation sites is 1. The van der Waals surface area contributed by atoms with E-state index in [1.54, 1.807) is 11.0 Å². The van der Waals surface area contributed by atoms with Crippen molar-refractivity contribution >= 4 is 11.7 Å². The number of carbonyl (C=O) groups excluding carboxylic acids is 2. The minimum absolute atomic E-state index is 0.0835. The van der Waals surface area contributed by atoms with Gasteiger partial charge in [0.05, 0.1) is 18.5 Å². The number of aromatic amines is 1. The Morgan fingerprint density at radius 2 is 2.19 bits per heavy atom. The summed E-state index contributed by atoms with van der Waals surface area (Å²) in [5.41, 5.74) is 1.42. The van der Waals surface area contributed by atoms with Crippen molar-refractivity contribution in [2.45, 2.75) is 38.7 Å². The molecular formula is C20H23N3O3. The number of rotatable bonds is 3. The third-order valence-corrected chi connectivity index (χ3v) is 5.08. The number of hydrogen-bond acceptors (Lipinski definition) is 4. The summed E-state index contributed by atoms with van der Waals surface area (Å²) in [4.78, 5) is 27.0. The van der Waals surface area contributed by atoms with Gasteiger partial charge in [0.2, 0.25) is 0 Å². The summed E-state index contributed by atoms with van der Waals surface area (Å²) in [6.45, 7) is 5.24. The molecule has 0 bridgehead atoms. The van der Waals surface area contributed by atoms with Crippen molar-refractivity contribution in [2.75, 3.05) is 13.1 Å². The van der Waals surface area contributed by atoms with Gasteiger partial charge in [0, 0.05) is 18.7 Å². The highest BCUT2D eigenvalue weighted by Gasteiger charge is 2.47. The number of fused-ring (bicyclic) bond motifs is 1. The monoisotopic (exact) mass is 353 g/mol. The maximum Gasteiger partial charge on any atom is 0.274 e. The van der Waals surface area contributed by atoms with Gasteiger partial charge < -0.3 is 9.64 Å². The molecule has 2 aliphatic heterocycles. The molecule has 1 spiro atoms. The molecule has 0 aliphatic carbocycles. The number of ether oxygens (including phenoxy) is 1. The molecule has 0 saturated carbocycles. The molecule has 6 heteroatoms. The maximum atomic E-state index is 12.8. The van der Waals surface area contributed by atoms with Crippen LogP contribution in [-0.4, -0.2) is 45.5 Å². The lowest BCUT2D eigenvalue weighted by molar-refractivity contribution is 0.0427. The van der Waals surface area contributed by atoms with E-state index in [4.69, 9.17) is 4.74 Å². The van der Waals surface area contributed by atoms with Crippen LogP contribution in [0.25, 0.3) is 0 Å². The zero-order valence-corrected chi connectivity index (χ0v) is 15.1. The number of nitrogens with one attached hydrogen (secondary N) is 1. The van der Waals surface area contributed by atoms with Crippen LogP contribution in [0.2, 0.25) is 0 Å². The summed E-state index contributed by atoms with van der Waals surface area (Å²) in [6, 6.07) is 9.15. The summed E-state index contributed by atoms with van der Waals surface area (Å²) in [5, 5.41) is 7.12. The Kier molecular flexibility index (Phi) is 4.05. The largest absolute Gasteiger partial charge is 0.484 e. The number of ketones is 1. The van der Waals surface area contributed by atoms with Crippen molar-refractivity contribution in [1.29, 1.82) is 0 Å². The number of amides is 1. The molecular weight excluding hydrogens is 330 g/mol. The van der Waals surface area contributed by atoms with Gasteiger partial charge in [0.25, 0.3) is 5.91 Å². The van der Waals surface area contributed by atoms with E-state index < -0.39 is 5.60 Å². The molecule has 3 heterocycles. The number of aromatic nitrogens is 2. The van der Waals surface area contributed by atoms with Gasteiger partial charge in [-0.2, -0.15) is 5.10 Å². The molecule has 0 unspecified atom stereocenters. The Morgan fingerprint density at radius 1 is 1.38 bits per heavy atom. The van der Waals surface area contributed by atoms with E-state index >= 15 is 0 Å². The number of Topliss-reactive ketones (excluding diaryl/α,β-unsaturated/α-hetero) is 1. The molecule has 1 atom stereocenters. The van der Waals surface area contributed by atoms with Crippen molar-refractivity contribution in [3.8, 4) is 5.75 Å². The standard InChI is InChI=1S/C20H23N3O3/c1-13(2)9-14-10-16(22-21-14)19(25)23-8-7-20(12-23)11-17(24)15-5-3-4-6-18(15)26-20/h3-6,10,13H,7-9,11-12H2,1-2H3,(H,21,22)/t20-/m1/s1. The number of nitrogens with zero attached hydrogens (tertiary/aromatic N) is 2. The molecule has 1 saturated heterocycles. The number of likely N-dealkylation sites (tertiary alicyclic amines) is 1. The third-order valence-electron chi connectivity index (χ3n) is 5.08. The predicted octanol–water partition coefficient (Wildman–Crippen LogP) is 2.86. The van der Waals surface area contributed by atoms with E-state index in [0.29, 0.717) is 48.9 Å². The third kappa shape index (κ3) is 3.00. The average Bonchev–Trinajstić information content (AvgIpc) is 3.21. The van der Waals surface area contributed by atoms with E-state index in [1.807, 2.05) is 24.3 Å². The smallest absolute Gasteiger partial charge is 0.274 e. The van der Waals surface area contributed by atoms with Gasteiger partial charge in [0.1, 0.15) is 17.0 Å². The average molecular weight is 353 g/mol. The lowest BCUT2D eigenvalue weighted by atomic mass is 9.89. The Balaban J connectivity index is 1.49. The molecule has 4 rings (SSSR count). The molecule has 1 amide bonds. The van der Waals surface area contributed by atoms with E-state index in [0.717, 1.165) is 12.1 Å². The molecule has 1 N–H and O–H groups in total. The molecule has 1 aromatic carbocycles. The zero-order valence-electron chi connectivity index (χ0n) is 15.1. The summed E-state index contributed by atoms with van der Waals surface area (Å²) < 4.78 is 6.18. The van der Waals surface area contributed by atoms with Gasteiger partial charge in [0.15, 0.2) is 5.78 Å². The van der Waals surface area contributed by atoms with Crippen LogP contribution in [0.5, 0.6) is 5.75 Å². The van der Waals surface area contributed by atoms with Crippen molar-refractivity contribution < 1.29 is 14.3 Å². The fourth-order valence-electron chi connectivity index (χ4n) is 3.87. The molecule has 1 fully saturated rings. The Morgan fingerprint density at radius 3 is 3.00 bits per heavy atom. The van der Waals surface area contributed by atoms with Crippen molar-refractivity contribution in [2.24, 2.45) is 5.92 Å². The molecule has 136 valence electrons. The van der Waals surface area contributed by atoms with E-state index in [9.17, 15) is 9.59 Å². The Labute approximate surface area is 152 Å². The van der Waals surface area contributed by atoms with Crippen molar-refractivity contribution in [3.05, 3.63) is 47.3 Å². The Hall–Kier alpha value is -2.63. The second-order valence-electron chi connectivity index (χ2n) is 7.73. The number of benzene rings is 1. The summed E-state index contributed by atoms with van der Waals surface area (Å²) >= 11 is 0. The topological polar surface area (TPSA) is 75.3 Å². The summed E-state index contributed by atoms with van der Waals surface area (Å²) in [7, 11) is 0. The molecule has 0 radical (unpaired) electrons. The quantitative estimate of drug-likeness (QED) is 0.921. The molecule has 2 aliphatic rings. The maximum absolute atomic E-state index is 12.8. The number of carbonyl (C=O) groups is 2. The van der Waals surface area contributed by atoms with E-state index in [-0.39, 0.29) is 11.7 Å². The van der Waals surface area contributed by atoms with Gasteiger partial charge in [-0.25, -0.2) is 0 Å². The number of hydrogen-bond donors (Lipinski definition) is 1. The van der Waals surface area contributed by atoms with Crippen LogP contribution >= 0.6 is 0 Å². The zero-order chi connectivity index (χ0) is 18.3. The summed E-state index contributed by atoms with van der Waals surface area (Å²) in [6.07, 6.45) is 1.83. The van der Waals surface area contributed by atoms with E-state index in [1.165, 1.54) is 0 Å². The lowest BCUT2D eigenvalue weighted by Gasteiger charge is -2.34. The normalized spacial score (nSPS) is 22.0. The second-order valence-corrected chi connectivity index (χ2v) is 7.73. The van der Waals surface area contributed by atoms with Crippen LogP contribution in [0.3, 0.4) is 0 Å². The molecule has 6 nitrogen and oxygen atoms in total. The van der Waals surface area contributed by atoms with Crippen LogP contribution in [-0.2, 0) is 6.42 Å². The highest BCUT2D eigenvalue weighted by atomic mass is 16.5. The van der Waals surface area contributed by atoms with E-state index in [2.05, 4.69) is 24.0 Å². The van der Waals surface area contributed by atoms with Crippen LogP contribution in [0.1, 0.15) is 53.2 Å². The van der Waals surface area contributed by atoms with Gasteiger partial charge in [-0.1, -0.05) is 26.0 Å². The Bertz CT molecular complexity index is 857. The fourth-order valence-corrected chi connectivity index (χ4v) is 3.87.